The highest BCUT2D eigenvalue weighted by Gasteiger charge is 2.37. The Morgan fingerprint density at radius 1 is 1.16 bits per heavy atom. The third-order valence-corrected chi connectivity index (χ3v) is 4.47. The van der Waals surface area contributed by atoms with Crippen molar-refractivity contribution in [3.05, 3.63) is 30.3 Å². The van der Waals surface area contributed by atoms with E-state index in [1.807, 2.05) is 35.2 Å². The van der Waals surface area contributed by atoms with Crippen LogP contribution in [0, 0.1) is 5.41 Å². The van der Waals surface area contributed by atoms with Crippen LogP contribution in [0.5, 0.6) is 0 Å². The molecule has 0 atom stereocenters. The molecule has 1 aromatic carbocycles. The van der Waals surface area contributed by atoms with Crippen molar-refractivity contribution < 1.29 is 4.79 Å². The van der Waals surface area contributed by atoms with Crippen LogP contribution in [-0.2, 0) is 0 Å². The molecular weight excluding hydrogens is 238 g/mol. The minimum absolute atomic E-state index is 0.0343. The minimum Gasteiger partial charge on any atom is -0.324 e. The summed E-state index contributed by atoms with van der Waals surface area (Å²) in [6, 6.07) is 9.70. The zero-order valence-corrected chi connectivity index (χ0v) is 11.2. The highest BCUT2D eigenvalue weighted by molar-refractivity contribution is 5.89. The Hall–Kier alpha value is -1.55. The number of rotatable bonds is 1. The summed E-state index contributed by atoms with van der Waals surface area (Å²) in [4.78, 5) is 14.1. The molecule has 2 fully saturated rings. The maximum atomic E-state index is 12.2. The number of hydrogen-bond acceptors (Lipinski definition) is 2. The number of amides is 2. The van der Waals surface area contributed by atoms with Crippen LogP contribution in [-0.4, -0.2) is 37.1 Å². The number of hydrogen-bond donors (Lipinski definition) is 2. The van der Waals surface area contributed by atoms with E-state index in [4.69, 9.17) is 0 Å². The Morgan fingerprint density at radius 3 is 2.53 bits per heavy atom. The van der Waals surface area contributed by atoms with E-state index in [-0.39, 0.29) is 6.03 Å². The first-order valence-electron chi connectivity index (χ1n) is 7.09. The predicted molar refractivity (Wildman–Crippen MR) is 76.2 cm³/mol. The largest absolute Gasteiger partial charge is 0.324 e. The molecule has 19 heavy (non-hydrogen) atoms. The fourth-order valence-electron chi connectivity index (χ4n) is 3.13. The van der Waals surface area contributed by atoms with Gasteiger partial charge in [-0.3, -0.25) is 0 Å². The van der Waals surface area contributed by atoms with Crippen molar-refractivity contribution >= 4 is 11.7 Å². The number of carbonyl (C=O) groups excluding carboxylic acids is 1. The van der Waals surface area contributed by atoms with Crippen LogP contribution >= 0.6 is 0 Å². The summed E-state index contributed by atoms with van der Waals surface area (Å²) < 4.78 is 0. The topological polar surface area (TPSA) is 44.4 Å². The van der Waals surface area contributed by atoms with Gasteiger partial charge in [-0.1, -0.05) is 18.2 Å². The molecule has 2 aliphatic heterocycles. The van der Waals surface area contributed by atoms with Crippen molar-refractivity contribution in [3.8, 4) is 0 Å². The van der Waals surface area contributed by atoms with Gasteiger partial charge < -0.3 is 15.5 Å². The standard InChI is InChI=1S/C15H21N3O/c19-14(17-13-4-2-1-3-5-13)18-10-7-15(8-11-18)6-9-16-12-15/h1-5,16H,6-12H2,(H,17,19). The second-order valence-corrected chi connectivity index (χ2v) is 5.71. The summed E-state index contributed by atoms with van der Waals surface area (Å²) in [6.45, 7) is 4.01. The monoisotopic (exact) mass is 259 g/mol. The number of carbonyl (C=O) groups is 1. The summed E-state index contributed by atoms with van der Waals surface area (Å²) in [7, 11) is 0. The predicted octanol–water partition coefficient (Wildman–Crippen LogP) is 2.29. The first-order chi connectivity index (χ1) is 9.27. The molecule has 102 valence electrons. The van der Waals surface area contributed by atoms with Gasteiger partial charge >= 0.3 is 6.03 Å². The van der Waals surface area contributed by atoms with Crippen molar-refractivity contribution in [1.29, 1.82) is 0 Å². The zero-order chi connectivity index (χ0) is 13.1. The van der Waals surface area contributed by atoms with Crippen molar-refractivity contribution in [3.63, 3.8) is 0 Å². The van der Waals surface area contributed by atoms with Crippen molar-refractivity contribution in [1.82, 2.24) is 10.2 Å². The Bertz CT molecular complexity index is 430. The molecular formula is C15H21N3O. The summed E-state index contributed by atoms with van der Waals surface area (Å²) in [6.07, 6.45) is 3.52. The van der Waals surface area contributed by atoms with Crippen molar-refractivity contribution in [2.45, 2.75) is 19.3 Å². The first kappa shape index (κ1) is 12.5. The quantitative estimate of drug-likeness (QED) is 0.812. The van der Waals surface area contributed by atoms with E-state index < -0.39 is 0 Å². The highest BCUT2D eigenvalue weighted by Crippen LogP contribution is 2.36. The van der Waals surface area contributed by atoms with Gasteiger partial charge in [0.05, 0.1) is 0 Å². The van der Waals surface area contributed by atoms with E-state index in [0.717, 1.165) is 44.7 Å². The molecule has 1 spiro atoms. The Kier molecular flexibility index (Phi) is 3.42. The number of para-hydroxylation sites is 1. The third kappa shape index (κ3) is 2.73. The smallest absolute Gasteiger partial charge is 0.321 e. The van der Waals surface area contributed by atoms with Crippen molar-refractivity contribution in [2.24, 2.45) is 5.41 Å². The van der Waals surface area contributed by atoms with Gasteiger partial charge in [-0.25, -0.2) is 4.79 Å². The fourth-order valence-corrected chi connectivity index (χ4v) is 3.13. The SMILES string of the molecule is O=C(Nc1ccccc1)N1CCC2(CCNC2)CC1. The van der Waals surface area contributed by atoms with Crippen LogP contribution < -0.4 is 10.6 Å². The van der Waals surface area contributed by atoms with Gasteiger partial charge in [0, 0.05) is 25.3 Å². The molecule has 0 radical (unpaired) electrons. The molecule has 0 bridgehead atoms. The van der Waals surface area contributed by atoms with E-state index in [9.17, 15) is 4.79 Å². The second-order valence-electron chi connectivity index (χ2n) is 5.71. The Balaban J connectivity index is 1.55. The molecule has 3 rings (SSSR count). The van der Waals surface area contributed by atoms with Gasteiger partial charge in [0.25, 0.3) is 0 Å². The first-order valence-corrected chi connectivity index (χ1v) is 7.09. The Morgan fingerprint density at radius 2 is 1.89 bits per heavy atom. The van der Waals surface area contributed by atoms with E-state index in [0.29, 0.717) is 5.41 Å². The average Bonchev–Trinajstić information content (AvgIpc) is 2.89. The van der Waals surface area contributed by atoms with Crippen LogP contribution in [0.25, 0.3) is 0 Å². The van der Waals surface area contributed by atoms with Gasteiger partial charge in [0.2, 0.25) is 0 Å². The van der Waals surface area contributed by atoms with E-state index in [2.05, 4.69) is 10.6 Å². The minimum atomic E-state index is 0.0343. The maximum Gasteiger partial charge on any atom is 0.321 e. The highest BCUT2D eigenvalue weighted by atomic mass is 16.2. The van der Waals surface area contributed by atoms with Crippen LogP contribution in [0.15, 0.2) is 30.3 Å². The number of piperidine rings is 1. The number of anilines is 1. The molecule has 4 heteroatoms. The molecule has 2 heterocycles. The number of benzene rings is 1. The number of urea groups is 1. The van der Waals surface area contributed by atoms with E-state index in [1.54, 1.807) is 0 Å². The van der Waals surface area contributed by atoms with E-state index >= 15 is 0 Å². The lowest BCUT2D eigenvalue weighted by Crippen LogP contribution is -2.45. The molecule has 2 saturated heterocycles. The van der Waals surface area contributed by atoms with Crippen LogP contribution in [0.3, 0.4) is 0 Å². The van der Waals surface area contributed by atoms with Gasteiger partial charge in [-0.2, -0.15) is 0 Å². The van der Waals surface area contributed by atoms with Gasteiger partial charge in [-0.05, 0) is 43.4 Å². The lowest BCUT2D eigenvalue weighted by molar-refractivity contribution is 0.137. The summed E-state index contributed by atoms with van der Waals surface area (Å²) in [5, 5.41) is 6.41. The zero-order valence-electron chi connectivity index (χ0n) is 11.2. The van der Waals surface area contributed by atoms with Crippen LogP contribution in [0.2, 0.25) is 0 Å². The molecule has 2 amide bonds. The molecule has 2 N–H and O–H groups in total. The molecule has 0 saturated carbocycles. The Labute approximate surface area is 114 Å². The van der Waals surface area contributed by atoms with Gasteiger partial charge in [0.15, 0.2) is 0 Å². The van der Waals surface area contributed by atoms with Crippen molar-refractivity contribution in [2.75, 3.05) is 31.5 Å². The molecule has 0 aromatic heterocycles. The van der Waals surface area contributed by atoms with Crippen LogP contribution in [0.1, 0.15) is 19.3 Å². The molecule has 2 aliphatic rings. The number of likely N-dealkylation sites (tertiary alicyclic amines) is 1. The summed E-state index contributed by atoms with van der Waals surface area (Å²) in [5.74, 6) is 0. The van der Waals surface area contributed by atoms with Crippen LogP contribution in [0.4, 0.5) is 10.5 Å². The van der Waals surface area contributed by atoms with E-state index in [1.165, 1.54) is 6.42 Å². The normalized spacial score (nSPS) is 21.6. The average molecular weight is 259 g/mol. The summed E-state index contributed by atoms with van der Waals surface area (Å²) >= 11 is 0. The van der Waals surface area contributed by atoms with Gasteiger partial charge in [-0.15, -0.1) is 0 Å². The lowest BCUT2D eigenvalue weighted by Gasteiger charge is -2.38. The second kappa shape index (κ2) is 5.21. The number of nitrogens with one attached hydrogen (secondary N) is 2. The molecule has 0 unspecified atom stereocenters. The lowest BCUT2D eigenvalue weighted by atomic mass is 9.78. The maximum absolute atomic E-state index is 12.2. The fraction of sp³-hybridized carbons (Fsp3) is 0.533. The molecule has 1 aromatic rings. The summed E-state index contributed by atoms with van der Waals surface area (Å²) in [5.41, 5.74) is 1.33. The van der Waals surface area contributed by atoms with Gasteiger partial charge in [0.1, 0.15) is 0 Å². The third-order valence-electron chi connectivity index (χ3n) is 4.47. The molecule has 0 aliphatic carbocycles. The number of nitrogens with zero attached hydrogens (tertiary/aromatic N) is 1. The molecule has 4 nitrogen and oxygen atoms in total.